The van der Waals surface area contributed by atoms with Gasteiger partial charge >= 0.3 is 5.97 Å². The molecule has 3 rings (SSSR count). The number of nitriles is 1. The second-order valence-corrected chi connectivity index (χ2v) is 8.78. The fourth-order valence-corrected chi connectivity index (χ4v) is 3.60. The highest BCUT2D eigenvalue weighted by molar-refractivity contribution is 6.04. The molecule has 0 spiro atoms. The van der Waals surface area contributed by atoms with Crippen molar-refractivity contribution in [2.24, 2.45) is 0 Å². The Hall–Kier alpha value is -4.37. The molecule has 0 atom stereocenters. The Morgan fingerprint density at radius 3 is 1.97 bits per heavy atom. The smallest absolute Gasteiger partial charge is 0.333 e. The number of esters is 1. The van der Waals surface area contributed by atoms with Crippen molar-refractivity contribution in [1.82, 2.24) is 0 Å². The first kappa shape index (κ1) is 27.2. The van der Waals surface area contributed by atoms with Crippen LogP contribution in [-0.2, 0) is 9.53 Å². The zero-order chi connectivity index (χ0) is 26.5. The van der Waals surface area contributed by atoms with Crippen molar-refractivity contribution in [3.63, 3.8) is 0 Å². The minimum absolute atomic E-state index is 0.188. The minimum Gasteiger partial charge on any atom is -0.494 e. The number of unbranched alkanes of at least 4 members (excludes halogenated alkanes) is 4. The number of anilines is 1. The maximum Gasteiger partial charge on any atom is 0.333 e. The van der Waals surface area contributed by atoms with Crippen LogP contribution in [0.5, 0.6) is 5.75 Å². The molecule has 0 unspecified atom stereocenters. The average Bonchev–Trinajstić information content (AvgIpc) is 2.92. The van der Waals surface area contributed by atoms with E-state index in [0.29, 0.717) is 35.6 Å². The van der Waals surface area contributed by atoms with Crippen LogP contribution in [0, 0.1) is 11.3 Å². The van der Waals surface area contributed by atoms with Gasteiger partial charge in [0.25, 0.3) is 5.91 Å². The van der Waals surface area contributed by atoms with Crippen molar-refractivity contribution in [1.29, 1.82) is 5.26 Å². The molecule has 6 heteroatoms. The highest BCUT2D eigenvalue weighted by Crippen LogP contribution is 2.22. The molecule has 3 aromatic carbocycles. The molecule has 190 valence electrons. The predicted molar refractivity (Wildman–Crippen MR) is 145 cm³/mol. The SMILES string of the molecule is C=C(C)C(=O)OCCCCCCCOc1ccc(C(=O)Nc2ccc(-c3ccc(C#N)cc3)cc2)cc1. The summed E-state index contributed by atoms with van der Waals surface area (Å²) in [5, 5.41) is 11.8. The van der Waals surface area contributed by atoms with Crippen LogP contribution in [0.1, 0.15) is 54.9 Å². The van der Waals surface area contributed by atoms with Crippen LogP contribution in [0.25, 0.3) is 11.1 Å². The van der Waals surface area contributed by atoms with Gasteiger partial charge in [0, 0.05) is 16.8 Å². The maximum atomic E-state index is 12.6. The van der Waals surface area contributed by atoms with Crippen molar-refractivity contribution in [3.8, 4) is 22.9 Å². The van der Waals surface area contributed by atoms with Crippen LogP contribution in [0.3, 0.4) is 0 Å². The van der Waals surface area contributed by atoms with E-state index < -0.39 is 0 Å². The Morgan fingerprint density at radius 1 is 0.811 bits per heavy atom. The van der Waals surface area contributed by atoms with Crippen LogP contribution in [0.15, 0.2) is 84.9 Å². The van der Waals surface area contributed by atoms with Crippen molar-refractivity contribution < 1.29 is 19.1 Å². The van der Waals surface area contributed by atoms with Crippen molar-refractivity contribution in [2.45, 2.75) is 39.0 Å². The number of rotatable bonds is 13. The van der Waals surface area contributed by atoms with Gasteiger partial charge in [-0.2, -0.15) is 5.26 Å². The molecule has 6 nitrogen and oxygen atoms in total. The molecule has 0 aliphatic carbocycles. The van der Waals surface area contributed by atoms with Crippen LogP contribution in [0.4, 0.5) is 5.69 Å². The van der Waals surface area contributed by atoms with Crippen LogP contribution >= 0.6 is 0 Å². The number of ether oxygens (including phenoxy) is 2. The molecule has 1 amide bonds. The summed E-state index contributed by atoms with van der Waals surface area (Å²) in [6.07, 6.45) is 4.89. The van der Waals surface area contributed by atoms with Gasteiger partial charge in [-0.1, -0.05) is 50.1 Å². The molecular formula is C31H32N2O4. The summed E-state index contributed by atoms with van der Waals surface area (Å²) in [6, 6.07) is 24.2. The van der Waals surface area contributed by atoms with E-state index in [4.69, 9.17) is 14.7 Å². The van der Waals surface area contributed by atoms with Crippen molar-refractivity contribution in [2.75, 3.05) is 18.5 Å². The molecular weight excluding hydrogens is 464 g/mol. The first-order valence-electron chi connectivity index (χ1n) is 12.4. The van der Waals surface area contributed by atoms with Gasteiger partial charge in [0.1, 0.15) is 5.75 Å². The molecule has 0 saturated carbocycles. The van der Waals surface area contributed by atoms with Gasteiger partial charge in [0.2, 0.25) is 0 Å². The Morgan fingerprint density at radius 2 is 1.38 bits per heavy atom. The molecule has 1 N–H and O–H groups in total. The van der Waals surface area contributed by atoms with E-state index in [0.717, 1.165) is 49.0 Å². The Labute approximate surface area is 218 Å². The number of hydrogen-bond donors (Lipinski definition) is 1. The first-order valence-corrected chi connectivity index (χ1v) is 12.4. The maximum absolute atomic E-state index is 12.6. The topological polar surface area (TPSA) is 88.4 Å². The largest absolute Gasteiger partial charge is 0.494 e. The standard InChI is InChI=1S/C31H32N2O4/c1-23(2)31(35)37-21-7-5-3-4-6-20-36-29-18-14-27(15-19-29)30(34)33-28-16-12-26(13-17-28)25-10-8-24(22-32)9-11-25/h8-19H,1,3-7,20-21H2,2H3,(H,33,34). The zero-order valence-corrected chi connectivity index (χ0v) is 21.2. The van der Waals surface area contributed by atoms with Gasteiger partial charge in [-0.25, -0.2) is 4.79 Å². The summed E-state index contributed by atoms with van der Waals surface area (Å²) in [4.78, 5) is 23.9. The van der Waals surface area contributed by atoms with E-state index >= 15 is 0 Å². The zero-order valence-electron chi connectivity index (χ0n) is 21.2. The first-order chi connectivity index (χ1) is 18.0. The molecule has 0 aliphatic heterocycles. The van der Waals surface area contributed by atoms with Gasteiger partial charge < -0.3 is 14.8 Å². The van der Waals surface area contributed by atoms with Crippen LogP contribution in [0.2, 0.25) is 0 Å². The van der Waals surface area contributed by atoms with Crippen molar-refractivity contribution >= 4 is 17.6 Å². The third kappa shape index (κ3) is 8.97. The van der Waals surface area contributed by atoms with Crippen molar-refractivity contribution in [3.05, 3.63) is 96.1 Å². The Bertz CT molecular complexity index is 1220. The van der Waals surface area contributed by atoms with Gasteiger partial charge in [0.15, 0.2) is 0 Å². The molecule has 3 aromatic rings. The average molecular weight is 497 g/mol. The summed E-state index contributed by atoms with van der Waals surface area (Å²) in [5.74, 6) is 0.216. The molecule has 0 heterocycles. The van der Waals surface area contributed by atoms with E-state index in [-0.39, 0.29) is 11.9 Å². The normalized spacial score (nSPS) is 10.3. The van der Waals surface area contributed by atoms with E-state index in [1.807, 2.05) is 36.4 Å². The highest BCUT2D eigenvalue weighted by atomic mass is 16.5. The van der Waals surface area contributed by atoms with Crippen LogP contribution < -0.4 is 10.1 Å². The predicted octanol–water partition coefficient (Wildman–Crippen LogP) is 6.93. The third-order valence-corrected chi connectivity index (χ3v) is 5.75. The van der Waals surface area contributed by atoms with Gasteiger partial charge in [-0.3, -0.25) is 4.79 Å². The van der Waals surface area contributed by atoms with Gasteiger partial charge in [-0.15, -0.1) is 0 Å². The second-order valence-electron chi connectivity index (χ2n) is 8.78. The number of amides is 1. The molecule has 0 fully saturated rings. The lowest BCUT2D eigenvalue weighted by Crippen LogP contribution is -2.11. The van der Waals surface area contributed by atoms with E-state index in [9.17, 15) is 9.59 Å². The fourth-order valence-electron chi connectivity index (χ4n) is 3.60. The van der Waals surface area contributed by atoms with E-state index in [1.165, 1.54) is 0 Å². The summed E-state index contributed by atoms with van der Waals surface area (Å²) < 4.78 is 10.9. The lowest BCUT2D eigenvalue weighted by atomic mass is 10.0. The Balaban J connectivity index is 1.35. The lowest BCUT2D eigenvalue weighted by Gasteiger charge is -2.09. The number of carbonyl (C=O) groups is 2. The fraction of sp³-hybridized carbons (Fsp3) is 0.258. The lowest BCUT2D eigenvalue weighted by molar-refractivity contribution is -0.139. The molecule has 0 bridgehead atoms. The summed E-state index contributed by atoms with van der Waals surface area (Å²) in [6.45, 7) is 6.25. The number of hydrogen-bond acceptors (Lipinski definition) is 5. The summed E-state index contributed by atoms with van der Waals surface area (Å²) >= 11 is 0. The third-order valence-electron chi connectivity index (χ3n) is 5.75. The second kappa shape index (κ2) is 14.3. The van der Waals surface area contributed by atoms with Gasteiger partial charge in [-0.05, 0) is 79.4 Å². The highest BCUT2D eigenvalue weighted by Gasteiger charge is 2.07. The van der Waals surface area contributed by atoms with Gasteiger partial charge in [0.05, 0.1) is 24.8 Å². The summed E-state index contributed by atoms with van der Waals surface area (Å²) in [7, 11) is 0. The molecule has 0 aliphatic rings. The quantitative estimate of drug-likeness (QED) is 0.157. The number of carbonyl (C=O) groups excluding carboxylic acids is 2. The van der Waals surface area contributed by atoms with E-state index in [1.54, 1.807) is 43.3 Å². The number of benzene rings is 3. The minimum atomic E-state index is -0.327. The monoisotopic (exact) mass is 496 g/mol. The molecule has 0 aromatic heterocycles. The molecule has 37 heavy (non-hydrogen) atoms. The van der Waals surface area contributed by atoms with Crippen LogP contribution in [-0.4, -0.2) is 25.1 Å². The molecule has 0 radical (unpaired) electrons. The van der Waals surface area contributed by atoms with E-state index in [2.05, 4.69) is 18.0 Å². The Kier molecular flexibility index (Phi) is 10.5. The summed E-state index contributed by atoms with van der Waals surface area (Å²) in [5.41, 5.74) is 4.32. The number of nitrogens with one attached hydrogen (secondary N) is 1. The number of nitrogens with zero attached hydrogens (tertiary/aromatic N) is 1. The molecule has 0 saturated heterocycles.